The molecule has 1 aromatic heterocycles. The molecule has 0 radical (unpaired) electrons. The van der Waals surface area contributed by atoms with Gasteiger partial charge in [0.2, 0.25) is 0 Å². The molecule has 2 aromatic rings. The van der Waals surface area contributed by atoms with Crippen molar-refractivity contribution in [2.24, 2.45) is 0 Å². The monoisotopic (exact) mass is 361 g/mol. The lowest BCUT2D eigenvalue weighted by Crippen LogP contribution is -2.45. The van der Waals surface area contributed by atoms with Crippen LogP contribution in [0.3, 0.4) is 0 Å². The van der Waals surface area contributed by atoms with E-state index in [1.165, 1.54) is 5.56 Å². The number of nitrogens with zero attached hydrogens (tertiary/aromatic N) is 3. The minimum Gasteiger partial charge on any atom is -0.508 e. The van der Waals surface area contributed by atoms with Crippen molar-refractivity contribution in [2.45, 2.75) is 13.1 Å². The van der Waals surface area contributed by atoms with Gasteiger partial charge in [0.05, 0.1) is 0 Å². The van der Waals surface area contributed by atoms with Gasteiger partial charge in [0.15, 0.2) is 0 Å². The van der Waals surface area contributed by atoms with Crippen molar-refractivity contribution in [3.8, 4) is 5.75 Å². The number of phenolic OH excluding ortho intramolecular Hbond substituents is 1. The van der Waals surface area contributed by atoms with Crippen LogP contribution in [-0.4, -0.2) is 46.1 Å². The highest BCUT2D eigenvalue weighted by atomic mass is 79.9. The van der Waals surface area contributed by atoms with E-state index < -0.39 is 0 Å². The zero-order valence-electron chi connectivity index (χ0n) is 12.5. The third-order valence-electron chi connectivity index (χ3n) is 4.06. The zero-order valence-corrected chi connectivity index (χ0v) is 14.0. The van der Waals surface area contributed by atoms with Gasteiger partial charge in [-0.1, -0.05) is 15.9 Å². The average Bonchev–Trinajstić information content (AvgIpc) is 2.54. The van der Waals surface area contributed by atoms with Crippen LogP contribution in [0.4, 0.5) is 0 Å². The van der Waals surface area contributed by atoms with E-state index in [2.05, 4.69) is 42.8 Å². The Bertz CT molecular complexity index is 613. The molecular weight excluding hydrogens is 342 g/mol. The lowest BCUT2D eigenvalue weighted by molar-refractivity contribution is 0.121. The summed E-state index contributed by atoms with van der Waals surface area (Å²) in [6.45, 7) is 5.94. The van der Waals surface area contributed by atoms with Crippen molar-refractivity contribution in [2.75, 3.05) is 26.2 Å². The molecule has 3 rings (SSSR count). The van der Waals surface area contributed by atoms with E-state index in [9.17, 15) is 5.11 Å². The number of rotatable bonds is 4. The number of aromatic hydroxyl groups is 1. The van der Waals surface area contributed by atoms with E-state index in [1.807, 2.05) is 24.5 Å². The van der Waals surface area contributed by atoms with Crippen LogP contribution in [0.15, 0.2) is 47.2 Å². The first-order chi connectivity index (χ1) is 10.7. The third kappa shape index (κ3) is 4.06. The summed E-state index contributed by atoms with van der Waals surface area (Å²) in [4.78, 5) is 8.92. The highest BCUT2D eigenvalue weighted by Crippen LogP contribution is 2.23. The summed E-state index contributed by atoms with van der Waals surface area (Å²) in [6.07, 6.45) is 3.70. The highest BCUT2D eigenvalue weighted by Gasteiger charge is 2.18. The average molecular weight is 362 g/mol. The van der Waals surface area contributed by atoms with E-state index in [0.29, 0.717) is 5.75 Å². The topological polar surface area (TPSA) is 39.6 Å². The van der Waals surface area contributed by atoms with Crippen molar-refractivity contribution in [3.05, 3.63) is 58.3 Å². The SMILES string of the molecule is Oc1ccc(Br)cc1CN1CCN(Cc2ccncc2)CC1. The number of hydrogen-bond donors (Lipinski definition) is 1. The third-order valence-corrected chi connectivity index (χ3v) is 4.55. The van der Waals surface area contributed by atoms with Gasteiger partial charge in [-0.2, -0.15) is 0 Å². The van der Waals surface area contributed by atoms with Crippen LogP contribution in [0, 0.1) is 0 Å². The van der Waals surface area contributed by atoms with Crippen molar-refractivity contribution >= 4 is 15.9 Å². The highest BCUT2D eigenvalue weighted by molar-refractivity contribution is 9.10. The Morgan fingerprint density at radius 1 is 0.955 bits per heavy atom. The second-order valence-electron chi connectivity index (χ2n) is 5.68. The molecular formula is C17H20BrN3O. The van der Waals surface area contributed by atoms with Gasteiger partial charge in [-0.25, -0.2) is 0 Å². The zero-order chi connectivity index (χ0) is 15.4. The van der Waals surface area contributed by atoms with Gasteiger partial charge in [-0.05, 0) is 35.9 Å². The van der Waals surface area contributed by atoms with Crippen molar-refractivity contribution in [1.29, 1.82) is 0 Å². The van der Waals surface area contributed by atoms with Crippen LogP contribution in [0.5, 0.6) is 5.75 Å². The largest absolute Gasteiger partial charge is 0.508 e. The van der Waals surface area contributed by atoms with Crippen LogP contribution in [-0.2, 0) is 13.1 Å². The van der Waals surface area contributed by atoms with Crippen molar-refractivity contribution in [1.82, 2.24) is 14.8 Å². The number of aromatic nitrogens is 1. The summed E-state index contributed by atoms with van der Waals surface area (Å²) in [5.74, 6) is 0.377. The molecule has 1 aromatic carbocycles. The van der Waals surface area contributed by atoms with Crippen molar-refractivity contribution in [3.63, 3.8) is 0 Å². The number of hydrogen-bond acceptors (Lipinski definition) is 4. The molecule has 1 fully saturated rings. The molecule has 5 heteroatoms. The Balaban J connectivity index is 1.52. The molecule has 0 saturated carbocycles. The Labute approximate surface area is 139 Å². The Kier molecular flexibility index (Phi) is 5.08. The van der Waals surface area contributed by atoms with Crippen LogP contribution >= 0.6 is 15.9 Å². The van der Waals surface area contributed by atoms with Gasteiger partial charge in [0.25, 0.3) is 0 Å². The molecule has 1 aliphatic rings. The fourth-order valence-electron chi connectivity index (χ4n) is 2.77. The van der Waals surface area contributed by atoms with Crippen LogP contribution < -0.4 is 0 Å². The summed E-state index contributed by atoms with van der Waals surface area (Å²) in [5, 5.41) is 9.95. The number of halogens is 1. The molecule has 0 bridgehead atoms. The first-order valence-corrected chi connectivity index (χ1v) is 8.31. The molecule has 116 valence electrons. The van der Waals surface area contributed by atoms with E-state index in [0.717, 1.165) is 49.3 Å². The predicted molar refractivity (Wildman–Crippen MR) is 90.6 cm³/mol. The van der Waals surface area contributed by atoms with E-state index >= 15 is 0 Å². The minimum atomic E-state index is 0.377. The quantitative estimate of drug-likeness (QED) is 0.908. The first kappa shape index (κ1) is 15.5. The molecule has 1 saturated heterocycles. The molecule has 1 N–H and O–H groups in total. The maximum absolute atomic E-state index is 9.95. The van der Waals surface area contributed by atoms with E-state index in [-0.39, 0.29) is 0 Å². The summed E-state index contributed by atoms with van der Waals surface area (Å²) >= 11 is 3.46. The lowest BCUT2D eigenvalue weighted by Gasteiger charge is -2.34. The van der Waals surface area contributed by atoms with Crippen molar-refractivity contribution < 1.29 is 5.11 Å². The van der Waals surface area contributed by atoms with Gasteiger partial charge < -0.3 is 5.11 Å². The summed E-state index contributed by atoms with van der Waals surface area (Å²) in [6, 6.07) is 9.76. The number of pyridine rings is 1. The van der Waals surface area contributed by atoms with Gasteiger partial charge >= 0.3 is 0 Å². The normalized spacial score (nSPS) is 16.8. The Morgan fingerprint density at radius 3 is 2.27 bits per heavy atom. The first-order valence-electron chi connectivity index (χ1n) is 7.52. The van der Waals surface area contributed by atoms with Gasteiger partial charge in [-0.3, -0.25) is 14.8 Å². The van der Waals surface area contributed by atoms with Gasteiger partial charge in [0, 0.05) is 61.7 Å². The van der Waals surface area contributed by atoms with Gasteiger partial charge in [0.1, 0.15) is 5.75 Å². The molecule has 2 heterocycles. The standard InChI is InChI=1S/C17H20BrN3O/c18-16-1-2-17(22)15(11-16)13-21-9-7-20(8-10-21)12-14-3-5-19-6-4-14/h1-6,11,22H,7-10,12-13H2. The number of phenols is 1. The summed E-state index contributed by atoms with van der Waals surface area (Å²) < 4.78 is 1.01. The molecule has 1 aliphatic heterocycles. The van der Waals surface area contributed by atoms with E-state index in [1.54, 1.807) is 6.07 Å². The molecule has 0 aliphatic carbocycles. The lowest BCUT2D eigenvalue weighted by atomic mass is 10.1. The molecule has 0 spiro atoms. The summed E-state index contributed by atoms with van der Waals surface area (Å²) in [5.41, 5.74) is 2.30. The second-order valence-corrected chi connectivity index (χ2v) is 6.60. The van der Waals surface area contributed by atoms with Crippen LogP contribution in [0.25, 0.3) is 0 Å². The van der Waals surface area contributed by atoms with E-state index in [4.69, 9.17) is 0 Å². The van der Waals surface area contributed by atoms with Crippen LogP contribution in [0.2, 0.25) is 0 Å². The molecule has 22 heavy (non-hydrogen) atoms. The summed E-state index contributed by atoms with van der Waals surface area (Å²) in [7, 11) is 0. The maximum Gasteiger partial charge on any atom is 0.120 e. The fraction of sp³-hybridized carbons (Fsp3) is 0.353. The van der Waals surface area contributed by atoms with Gasteiger partial charge in [-0.15, -0.1) is 0 Å². The van der Waals surface area contributed by atoms with Crippen LogP contribution in [0.1, 0.15) is 11.1 Å². The Hall–Kier alpha value is -1.43. The smallest absolute Gasteiger partial charge is 0.120 e. The predicted octanol–water partition coefficient (Wildman–Crippen LogP) is 2.87. The molecule has 0 amide bonds. The molecule has 0 atom stereocenters. The second kappa shape index (κ2) is 7.22. The maximum atomic E-state index is 9.95. The fourth-order valence-corrected chi connectivity index (χ4v) is 3.18. The number of benzene rings is 1. The number of piperazine rings is 1. The Morgan fingerprint density at radius 2 is 1.59 bits per heavy atom. The minimum absolute atomic E-state index is 0.377. The molecule has 0 unspecified atom stereocenters. The molecule has 4 nitrogen and oxygen atoms in total.